The number of nitrogens with zero attached hydrogens (tertiary/aromatic N) is 2. The lowest BCUT2D eigenvalue weighted by Crippen LogP contribution is -2.55. The van der Waals surface area contributed by atoms with Crippen LogP contribution in [-0.2, 0) is 48.0 Å². The molecule has 1 saturated heterocycles. The summed E-state index contributed by atoms with van der Waals surface area (Å²) in [5, 5.41) is 5.22. The SMILES string of the molecule is CC[C@H](C)[C@@H]([C@@H](CC(=O)N1CCC[C@H]1[C@H](OC)[C@@H](C)C(=O)CS(=O)(=O)c1ccc(NC(C)=O)cc1)OC)N(C)C(=O)[C@@H](CC(=O)C(C)(C)NC(=O)OC(C)(C)C)C(C)C. The summed E-state index contributed by atoms with van der Waals surface area (Å²) in [6.07, 6.45) is -0.640. The van der Waals surface area contributed by atoms with Gasteiger partial charge in [-0.1, -0.05) is 41.0 Å². The molecule has 1 aromatic rings. The van der Waals surface area contributed by atoms with Crippen LogP contribution in [0.1, 0.15) is 108 Å². The Hall–Kier alpha value is -3.89. The second-order valence-electron chi connectivity index (χ2n) is 17.7. The summed E-state index contributed by atoms with van der Waals surface area (Å²) in [7, 11) is 0.572. The molecule has 16 heteroatoms. The molecule has 0 radical (unpaired) electrons. The minimum atomic E-state index is -4.02. The number of likely N-dealkylation sites (N-methyl/N-ethyl adjacent to an activating group) is 1. The number of rotatable bonds is 21. The van der Waals surface area contributed by atoms with Crippen LogP contribution in [0.25, 0.3) is 0 Å². The number of benzene rings is 1. The van der Waals surface area contributed by atoms with Gasteiger partial charge in [-0.05, 0) is 83.6 Å². The fraction of sp³-hybridized carbons (Fsp3) is 0.721. The highest BCUT2D eigenvalue weighted by molar-refractivity contribution is 7.92. The number of carbonyl (C=O) groups excluding carboxylic acids is 6. The molecular formula is C43H70N4O11S. The quantitative estimate of drug-likeness (QED) is 0.160. The number of hydrogen-bond donors (Lipinski definition) is 2. The number of likely N-dealkylation sites (tertiary alicyclic amines) is 1. The zero-order valence-corrected chi connectivity index (χ0v) is 38.5. The topological polar surface area (TPSA) is 195 Å². The van der Waals surface area contributed by atoms with Crippen molar-refractivity contribution < 1.29 is 51.4 Å². The van der Waals surface area contributed by atoms with E-state index in [-0.39, 0.29) is 53.1 Å². The fourth-order valence-corrected chi connectivity index (χ4v) is 9.00. The molecule has 1 aromatic carbocycles. The minimum Gasteiger partial charge on any atom is -0.444 e. The zero-order chi connectivity index (χ0) is 45.2. The summed E-state index contributed by atoms with van der Waals surface area (Å²) >= 11 is 0. The predicted molar refractivity (Wildman–Crippen MR) is 225 cm³/mol. The Morgan fingerprint density at radius 2 is 1.53 bits per heavy atom. The molecule has 7 atom stereocenters. The molecule has 1 fully saturated rings. The third-order valence-corrected chi connectivity index (χ3v) is 12.9. The average Bonchev–Trinajstić information content (AvgIpc) is 3.61. The monoisotopic (exact) mass is 850 g/mol. The largest absolute Gasteiger partial charge is 0.444 e. The van der Waals surface area contributed by atoms with Crippen molar-refractivity contribution in [2.24, 2.45) is 23.7 Å². The molecular weight excluding hydrogens is 781 g/mol. The number of ketones is 2. The van der Waals surface area contributed by atoms with Crippen molar-refractivity contribution in [3.05, 3.63) is 24.3 Å². The van der Waals surface area contributed by atoms with Crippen LogP contribution in [-0.4, -0.2) is 123 Å². The van der Waals surface area contributed by atoms with Gasteiger partial charge < -0.3 is 34.6 Å². The lowest BCUT2D eigenvalue weighted by atomic mass is 9.83. The van der Waals surface area contributed by atoms with Gasteiger partial charge in [0.1, 0.15) is 11.4 Å². The Balaban J connectivity index is 2.27. The van der Waals surface area contributed by atoms with E-state index in [0.717, 1.165) is 0 Å². The lowest BCUT2D eigenvalue weighted by molar-refractivity contribution is -0.149. The van der Waals surface area contributed by atoms with Crippen LogP contribution in [0.4, 0.5) is 10.5 Å². The fourth-order valence-electron chi connectivity index (χ4n) is 7.64. The molecule has 334 valence electrons. The number of hydrogen-bond acceptors (Lipinski definition) is 11. The van der Waals surface area contributed by atoms with Crippen molar-refractivity contribution in [1.29, 1.82) is 0 Å². The van der Waals surface area contributed by atoms with E-state index in [0.29, 0.717) is 31.5 Å². The van der Waals surface area contributed by atoms with E-state index >= 15 is 0 Å². The Bertz CT molecular complexity index is 1740. The standard InChI is InChI=1S/C43H70N4O11S/c1-15-27(4)38(46(12)40(52)32(26(2)3)23-36(50)43(10,11)45-41(53)58-42(7,8)9)35(56-13)24-37(51)47-22-16-17-33(47)39(57-14)28(5)34(49)25-59(54,55)31-20-18-30(19-21-31)44-29(6)48/h18-21,26-28,32-33,35,38-39H,15-17,22-25H2,1-14H3,(H,44,48)(H,45,53)/t27-,28-,32-,33-,35+,38-,39+/m0/s1. The third-order valence-electron chi connectivity index (χ3n) is 11.3. The second-order valence-corrected chi connectivity index (χ2v) is 19.7. The van der Waals surface area contributed by atoms with E-state index in [4.69, 9.17) is 14.2 Å². The van der Waals surface area contributed by atoms with E-state index in [1.165, 1.54) is 45.4 Å². The Kier molecular flexibility index (Phi) is 18.7. The van der Waals surface area contributed by atoms with Crippen LogP contribution in [0.5, 0.6) is 0 Å². The van der Waals surface area contributed by atoms with E-state index in [1.54, 1.807) is 58.4 Å². The van der Waals surface area contributed by atoms with Gasteiger partial charge in [0.05, 0.1) is 41.1 Å². The van der Waals surface area contributed by atoms with Crippen molar-refractivity contribution in [3.8, 4) is 0 Å². The molecule has 59 heavy (non-hydrogen) atoms. The number of sulfone groups is 1. The van der Waals surface area contributed by atoms with Crippen molar-refractivity contribution in [2.75, 3.05) is 38.9 Å². The predicted octanol–water partition coefficient (Wildman–Crippen LogP) is 5.44. The highest BCUT2D eigenvalue weighted by Crippen LogP contribution is 2.31. The summed E-state index contributed by atoms with van der Waals surface area (Å²) in [5.41, 5.74) is -1.65. The van der Waals surface area contributed by atoms with Gasteiger partial charge in [-0.3, -0.25) is 24.0 Å². The van der Waals surface area contributed by atoms with Crippen LogP contribution in [0.15, 0.2) is 29.2 Å². The van der Waals surface area contributed by atoms with Crippen molar-refractivity contribution in [1.82, 2.24) is 15.1 Å². The van der Waals surface area contributed by atoms with Crippen LogP contribution >= 0.6 is 0 Å². The molecule has 0 aromatic heterocycles. The van der Waals surface area contributed by atoms with Gasteiger partial charge in [-0.25, -0.2) is 13.2 Å². The summed E-state index contributed by atoms with van der Waals surface area (Å²) in [6.45, 7) is 19.4. The Morgan fingerprint density at radius 3 is 2.02 bits per heavy atom. The molecule has 1 heterocycles. The molecule has 2 rings (SSSR count). The van der Waals surface area contributed by atoms with Gasteiger partial charge in [0.2, 0.25) is 17.7 Å². The lowest BCUT2D eigenvalue weighted by Gasteiger charge is -2.41. The van der Waals surface area contributed by atoms with Gasteiger partial charge >= 0.3 is 6.09 Å². The number of Topliss-reactive ketones (excluding diaryl/α,β-unsaturated/α-hetero) is 2. The molecule has 0 spiro atoms. The van der Waals surface area contributed by atoms with Crippen LogP contribution in [0, 0.1) is 23.7 Å². The summed E-state index contributed by atoms with van der Waals surface area (Å²) in [5.74, 6) is -4.46. The normalized spacial score (nSPS) is 17.9. The van der Waals surface area contributed by atoms with Gasteiger partial charge in [-0.15, -0.1) is 0 Å². The minimum absolute atomic E-state index is 0.0610. The number of anilines is 1. The van der Waals surface area contributed by atoms with E-state index in [9.17, 15) is 37.2 Å². The molecule has 0 saturated carbocycles. The zero-order valence-electron chi connectivity index (χ0n) is 37.7. The van der Waals surface area contributed by atoms with Crippen molar-refractivity contribution in [3.63, 3.8) is 0 Å². The number of amides is 4. The molecule has 2 N–H and O–H groups in total. The van der Waals surface area contributed by atoms with E-state index < -0.39 is 74.7 Å². The molecule has 15 nitrogen and oxygen atoms in total. The Labute approximate surface area is 351 Å². The number of methoxy groups -OCH3 is 2. The van der Waals surface area contributed by atoms with Gasteiger partial charge in [0, 0.05) is 58.7 Å². The molecule has 1 aliphatic heterocycles. The van der Waals surface area contributed by atoms with Crippen LogP contribution in [0.3, 0.4) is 0 Å². The average molecular weight is 851 g/mol. The maximum absolute atomic E-state index is 14.3. The summed E-state index contributed by atoms with van der Waals surface area (Å²) in [4.78, 5) is 82.8. The first-order valence-electron chi connectivity index (χ1n) is 20.5. The first kappa shape index (κ1) is 51.3. The number of alkyl carbamates (subject to hydrolysis) is 1. The van der Waals surface area contributed by atoms with Gasteiger partial charge in [0.15, 0.2) is 21.4 Å². The maximum atomic E-state index is 14.3. The van der Waals surface area contributed by atoms with Crippen LogP contribution in [0.2, 0.25) is 0 Å². The molecule has 4 amide bonds. The first-order valence-corrected chi connectivity index (χ1v) is 22.2. The van der Waals surface area contributed by atoms with E-state index in [2.05, 4.69) is 10.6 Å². The number of ether oxygens (including phenoxy) is 3. The van der Waals surface area contributed by atoms with Gasteiger partial charge in [-0.2, -0.15) is 0 Å². The van der Waals surface area contributed by atoms with E-state index in [1.807, 2.05) is 27.7 Å². The molecule has 0 aliphatic carbocycles. The van der Waals surface area contributed by atoms with Gasteiger partial charge in [0.25, 0.3) is 0 Å². The maximum Gasteiger partial charge on any atom is 0.408 e. The molecule has 0 bridgehead atoms. The summed E-state index contributed by atoms with van der Waals surface area (Å²) < 4.78 is 43.7. The molecule has 1 aliphatic rings. The van der Waals surface area contributed by atoms with Crippen molar-refractivity contribution in [2.45, 2.75) is 149 Å². The second kappa shape index (κ2) is 21.6. The van der Waals surface area contributed by atoms with Crippen molar-refractivity contribution >= 4 is 50.9 Å². The highest BCUT2D eigenvalue weighted by Gasteiger charge is 2.44. The number of carbonyl (C=O) groups is 6. The third kappa shape index (κ3) is 14.4. The number of nitrogens with one attached hydrogen (secondary N) is 2. The van der Waals surface area contributed by atoms with Crippen LogP contribution < -0.4 is 10.6 Å². The smallest absolute Gasteiger partial charge is 0.408 e. The summed E-state index contributed by atoms with van der Waals surface area (Å²) in [6, 6.07) is 4.51. The molecule has 0 unspecified atom stereocenters. The highest BCUT2D eigenvalue weighted by atomic mass is 32.2. The first-order chi connectivity index (χ1) is 27.2. The Morgan fingerprint density at radius 1 is 0.932 bits per heavy atom.